The van der Waals surface area contributed by atoms with E-state index in [1.807, 2.05) is 24.3 Å². The molecule has 0 radical (unpaired) electrons. The van der Waals surface area contributed by atoms with Gasteiger partial charge in [0.2, 0.25) is 5.90 Å². The van der Waals surface area contributed by atoms with Crippen LogP contribution in [0.2, 0.25) is 0 Å². The van der Waals surface area contributed by atoms with Gasteiger partial charge in [0.1, 0.15) is 17.8 Å². The number of carbonyl (C=O) groups is 1. The van der Waals surface area contributed by atoms with Crippen molar-refractivity contribution in [1.29, 1.82) is 0 Å². The Labute approximate surface area is 130 Å². The Balaban J connectivity index is 2.17. The summed E-state index contributed by atoms with van der Waals surface area (Å²) in [7, 11) is 0. The summed E-state index contributed by atoms with van der Waals surface area (Å²) in [6.45, 7) is 5.38. The summed E-state index contributed by atoms with van der Waals surface area (Å²) in [5, 5.41) is 10.1. The van der Waals surface area contributed by atoms with Crippen LogP contribution in [0.1, 0.15) is 37.8 Å². The number of aliphatic imine (C=N–C) groups is 1. The second-order valence-electron chi connectivity index (χ2n) is 6.31. The van der Waals surface area contributed by atoms with E-state index in [4.69, 9.17) is 4.74 Å². The Morgan fingerprint density at radius 3 is 2.82 bits per heavy atom. The van der Waals surface area contributed by atoms with Crippen LogP contribution in [0, 0.1) is 5.92 Å². The van der Waals surface area contributed by atoms with Crippen LogP contribution >= 0.6 is 0 Å². The third kappa shape index (κ3) is 2.23. The van der Waals surface area contributed by atoms with Crippen LogP contribution in [-0.4, -0.2) is 29.9 Å². The summed E-state index contributed by atoms with van der Waals surface area (Å²) in [6, 6.07) is 7.50. The number of ether oxygens (including phenoxy) is 1. The standard InChI is InChI=1S/C18H21NO3/c1-12(2)7-8-18(17-19-9-10-22-17)14-6-4-3-5-13(14)15(20)11-16(18)21/h3-6,11-12,20H,7-10H2,1-2H3. The minimum Gasteiger partial charge on any atom is -0.507 e. The molecule has 1 heterocycles. The summed E-state index contributed by atoms with van der Waals surface area (Å²) in [5.74, 6) is 0.872. The van der Waals surface area contributed by atoms with Gasteiger partial charge in [-0.2, -0.15) is 0 Å². The molecule has 0 fully saturated rings. The first kappa shape index (κ1) is 14.8. The van der Waals surface area contributed by atoms with Crippen LogP contribution < -0.4 is 0 Å². The van der Waals surface area contributed by atoms with Crippen LogP contribution in [0.25, 0.3) is 5.76 Å². The first-order valence-corrected chi connectivity index (χ1v) is 7.78. The van der Waals surface area contributed by atoms with Gasteiger partial charge in [0.15, 0.2) is 5.78 Å². The Morgan fingerprint density at radius 1 is 1.36 bits per heavy atom. The fourth-order valence-electron chi connectivity index (χ4n) is 3.22. The van der Waals surface area contributed by atoms with Gasteiger partial charge in [-0.3, -0.25) is 9.79 Å². The van der Waals surface area contributed by atoms with Gasteiger partial charge >= 0.3 is 0 Å². The van der Waals surface area contributed by atoms with Crippen LogP contribution in [0.3, 0.4) is 0 Å². The molecule has 1 aromatic carbocycles. The van der Waals surface area contributed by atoms with Crippen LogP contribution in [0.5, 0.6) is 0 Å². The first-order chi connectivity index (χ1) is 10.6. The van der Waals surface area contributed by atoms with E-state index in [1.54, 1.807) is 0 Å². The van der Waals surface area contributed by atoms with Crippen molar-refractivity contribution < 1.29 is 14.6 Å². The zero-order chi connectivity index (χ0) is 15.7. The van der Waals surface area contributed by atoms with Gasteiger partial charge in [0, 0.05) is 11.6 Å². The molecule has 0 saturated carbocycles. The lowest BCUT2D eigenvalue weighted by molar-refractivity contribution is -0.118. The minimum atomic E-state index is -0.885. The van der Waals surface area contributed by atoms with Crippen molar-refractivity contribution in [3.8, 4) is 0 Å². The highest BCUT2D eigenvalue weighted by molar-refractivity contribution is 6.20. The van der Waals surface area contributed by atoms with Crippen LogP contribution in [0.4, 0.5) is 0 Å². The lowest BCUT2D eigenvalue weighted by Gasteiger charge is -2.35. The molecule has 0 spiro atoms. The number of nitrogens with zero attached hydrogens (tertiary/aromatic N) is 1. The molecule has 0 saturated heterocycles. The highest BCUT2D eigenvalue weighted by Gasteiger charge is 2.50. The van der Waals surface area contributed by atoms with Crippen molar-refractivity contribution in [2.24, 2.45) is 10.9 Å². The Bertz CT molecular complexity index is 660. The summed E-state index contributed by atoms with van der Waals surface area (Å²) in [4.78, 5) is 17.3. The largest absolute Gasteiger partial charge is 0.507 e. The van der Waals surface area contributed by atoms with Crippen molar-refractivity contribution in [2.45, 2.75) is 32.1 Å². The third-order valence-electron chi connectivity index (χ3n) is 4.40. The molecular weight excluding hydrogens is 278 g/mol. The SMILES string of the molecule is CC(C)CCC1(C2=NCCO2)C(=O)C=C(O)c2ccccc21. The zero-order valence-electron chi connectivity index (χ0n) is 13.0. The van der Waals surface area contributed by atoms with E-state index in [2.05, 4.69) is 18.8 Å². The molecular formula is C18H21NO3. The number of hydrogen-bond acceptors (Lipinski definition) is 4. The molecule has 1 aliphatic heterocycles. The highest BCUT2D eigenvalue weighted by atomic mass is 16.5. The van der Waals surface area contributed by atoms with Crippen molar-refractivity contribution in [3.05, 3.63) is 41.5 Å². The minimum absolute atomic E-state index is 0.0272. The number of carbonyl (C=O) groups excluding carboxylic acids is 1. The lowest BCUT2D eigenvalue weighted by Crippen LogP contribution is -2.46. The van der Waals surface area contributed by atoms with Gasteiger partial charge in [-0.15, -0.1) is 0 Å². The van der Waals surface area contributed by atoms with E-state index in [9.17, 15) is 9.90 Å². The summed E-state index contributed by atoms with van der Waals surface area (Å²) < 4.78 is 5.71. The summed E-state index contributed by atoms with van der Waals surface area (Å²) in [6.07, 6.45) is 2.85. The molecule has 1 aromatic rings. The number of rotatable bonds is 4. The smallest absolute Gasteiger partial charge is 0.202 e. The molecule has 4 heteroatoms. The number of ketones is 1. The van der Waals surface area contributed by atoms with Crippen molar-refractivity contribution in [2.75, 3.05) is 13.2 Å². The number of benzene rings is 1. The number of hydrogen-bond donors (Lipinski definition) is 1. The van der Waals surface area contributed by atoms with Gasteiger partial charge in [-0.25, -0.2) is 0 Å². The van der Waals surface area contributed by atoms with Crippen LogP contribution in [0.15, 0.2) is 35.3 Å². The molecule has 1 unspecified atom stereocenters. The average Bonchev–Trinajstić information content (AvgIpc) is 3.02. The van der Waals surface area contributed by atoms with E-state index in [0.717, 1.165) is 12.0 Å². The van der Waals surface area contributed by atoms with Gasteiger partial charge in [-0.05, 0) is 24.3 Å². The highest BCUT2D eigenvalue weighted by Crippen LogP contribution is 2.42. The molecule has 2 aliphatic rings. The quantitative estimate of drug-likeness (QED) is 0.928. The van der Waals surface area contributed by atoms with Crippen molar-refractivity contribution >= 4 is 17.4 Å². The molecule has 0 bridgehead atoms. The van der Waals surface area contributed by atoms with Crippen LogP contribution in [-0.2, 0) is 14.9 Å². The molecule has 1 N–H and O–H groups in total. The molecule has 22 heavy (non-hydrogen) atoms. The Hall–Kier alpha value is -2.10. The van der Waals surface area contributed by atoms with E-state index < -0.39 is 5.41 Å². The average molecular weight is 299 g/mol. The maximum atomic E-state index is 12.9. The molecule has 116 valence electrons. The van der Waals surface area contributed by atoms with E-state index in [-0.39, 0.29) is 11.5 Å². The maximum Gasteiger partial charge on any atom is 0.202 e. The van der Waals surface area contributed by atoms with Crippen molar-refractivity contribution in [1.82, 2.24) is 0 Å². The molecule has 1 aliphatic carbocycles. The third-order valence-corrected chi connectivity index (χ3v) is 4.40. The monoisotopic (exact) mass is 299 g/mol. The fourth-order valence-corrected chi connectivity index (χ4v) is 3.22. The van der Waals surface area contributed by atoms with E-state index in [1.165, 1.54) is 6.08 Å². The van der Waals surface area contributed by atoms with E-state index in [0.29, 0.717) is 37.0 Å². The second-order valence-corrected chi connectivity index (χ2v) is 6.31. The molecule has 0 aromatic heterocycles. The number of aliphatic hydroxyl groups is 1. The predicted molar refractivity (Wildman–Crippen MR) is 86.1 cm³/mol. The topological polar surface area (TPSA) is 58.9 Å². The lowest BCUT2D eigenvalue weighted by atomic mass is 9.67. The summed E-state index contributed by atoms with van der Waals surface area (Å²) in [5.41, 5.74) is 0.620. The number of fused-ring (bicyclic) bond motifs is 1. The second kappa shape index (κ2) is 5.59. The molecule has 0 amide bonds. The summed E-state index contributed by atoms with van der Waals surface area (Å²) >= 11 is 0. The first-order valence-electron chi connectivity index (χ1n) is 7.78. The Morgan fingerprint density at radius 2 is 2.14 bits per heavy atom. The molecule has 3 rings (SSSR count). The predicted octanol–water partition coefficient (Wildman–Crippen LogP) is 3.27. The van der Waals surface area contributed by atoms with Gasteiger partial charge < -0.3 is 9.84 Å². The fraction of sp³-hybridized carbons (Fsp3) is 0.444. The number of allylic oxidation sites excluding steroid dienone is 1. The number of aliphatic hydroxyl groups excluding tert-OH is 1. The zero-order valence-corrected chi connectivity index (χ0v) is 13.0. The van der Waals surface area contributed by atoms with Gasteiger partial charge in [-0.1, -0.05) is 38.1 Å². The maximum absolute atomic E-state index is 12.9. The van der Waals surface area contributed by atoms with E-state index >= 15 is 0 Å². The molecule has 1 atom stereocenters. The van der Waals surface area contributed by atoms with Gasteiger partial charge in [0.25, 0.3) is 0 Å². The van der Waals surface area contributed by atoms with Crippen molar-refractivity contribution in [3.63, 3.8) is 0 Å². The van der Waals surface area contributed by atoms with Gasteiger partial charge in [0.05, 0.1) is 6.54 Å². The Kier molecular flexibility index (Phi) is 3.77. The normalized spacial score (nSPS) is 23.9. The molecule has 4 nitrogen and oxygen atoms in total.